The van der Waals surface area contributed by atoms with Crippen molar-refractivity contribution in [2.75, 3.05) is 35.5 Å². The lowest BCUT2D eigenvalue weighted by Crippen LogP contribution is -2.20. The molecule has 11 nitrogen and oxygen atoms in total. The summed E-state index contributed by atoms with van der Waals surface area (Å²) in [6, 6.07) is 38.4. The van der Waals surface area contributed by atoms with Gasteiger partial charge in [0.2, 0.25) is 11.8 Å². The second kappa shape index (κ2) is 22.3. The van der Waals surface area contributed by atoms with Gasteiger partial charge >= 0.3 is 0 Å². The summed E-state index contributed by atoms with van der Waals surface area (Å²) < 4.78 is 10.3. The first-order valence-electron chi connectivity index (χ1n) is 20.2. The summed E-state index contributed by atoms with van der Waals surface area (Å²) in [7, 11) is 3.18. The van der Waals surface area contributed by atoms with Crippen LogP contribution in [0.25, 0.3) is 0 Å². The number of benzene rings is 6. The van der Waals surface area contributed by atoms with Crippen LogP contribution in [0.3, 0.4) is 0 Å². The molecule has 0 aromatic heterocycles. The average Bonchev–Trinajstić information content (AvgIpc) is 3.82. The van der Waals surface area contributed by atoms with Crippen molar-refractivity contribution in [1.29, 1.82) is 0 Å². The molecule has 6 aromatic rings. The summed E-state index contributed by atoms with van der Waals surface area (Å²) in [5, 5.41) is 13.3. The Kier molecular flexibility index (Phi) is 16.4. The molecule has 8 rings (SSSR count). The molecule has 2 atom stereocenters. The van der Waals surface area contributed by atoms with E-state index in [2.05, 4.69) is 21.3 Å². The summed E-state index contributed by atoms with van der Waals surface area (Å²) in [5.74, 6) is -1.40. The van der Waals surface area contributed by atoms with Crippen molar-refractivity contribution in [2.24, 2.45) is 0 Å². The zero-order valence-corrected chi connectivity index (χ0v) is 38.9. The Morgan fingerprint density at radius 2 is 0.864 bits per heavy atom. The molecule has 336 valence electrons. The number of rotatable bonds is 12. The number of Topliss-reactive ketones (excluding diaryl/α,β-unsaturated/α-hetero) is 3. The van der Waals surface area contributed by atoms with Crippen LogP contribution in [-0.4, -0.2) is 43.4 Å². The highest BCUT2D eigenvalue weighted by atomic mass is 35.5. The first kappa shape index (κ1) is 48.6. The van der Waals surface area contributed by atoms with Gasteiger partial charge in [-0.2, -0.15) is 0 Å². The molecule has 0 saturated carbocycles. The molecule has 0 bridgehead atoms. The molecule has 15 heteroatoms. The van der Waals surface area contributed by atoms with E-state index in [1.807, 2.05) is 36.4 Å². The number of carbonyl (C=O) groups is 5. The number of ketones is 3. The van der Waals surface area contributed by atoms with Gasteiger partial charge in [0.1, 0.15) is 17.3 Å². The molecule has 0 aliphatic carbocycles. The van der Waals surface area contributed by atoms with E-state index >= 15 is 0 Å². The minimum atomic E-state index is -0.877. The van der Waals surface area contributed by atoms with Gasteiger partial charge in [-0.05, 0) is 86.6 Å². The lowest BCUT2D eigenvalue weighted by atomic mass is 9.87. The standard InChI is InChI=1S/2C24H18Cl2N2O3.C3H6O/c2*1-31-17-9-7-16(8-10-17)27-13-18(23(29)14-5-3-2-4-6-14)21-22-19(26)11-15(25)12-20(22)28-24(21)30;1-3(2)4/h2*2-13,21,27H,1H3,(H,28,30);1-2H3/b2*18-13+;/t2*21-;/m00./s1. The number of nitrogens with one attached hydrogen (secondary N) is 4. The van der Waals surface area contributed by atoms with Crippen LogP contribution in [-0.2, 0) is 14.4 Å². The molecular formula is C51H42Cl4N4O7. The van der Waals surface area contributed by atoms with Gasteiger partial charge in [0, 0.05) is 88.6 Å². The largest absolute Gasteiger partial charge is 0.497 e. The van der Waals surface area contributed by atoms with Gasteiger partial charge in [-0.1, -0.05) is 107 Å². The van der Waals surface area contributed by atoms with Crippen molar-refractivity contribution in [1.82, 2.24) is 0 Å². The minimum Gasteiger partial charge on any atom is -0.497 e. The molecule has 0 saturated heterocycles. The summed E-state index contributed by atoms with van der Waals surface area (Å²) in [4.78, 5) is 62.1. The van der Waals surface area contributed by atoms with E-state index in [9.17, 15) is 24.0 Å². The highest BCUT2D eigenvalue weighted by molar-refractivity contribution is 6.38. The van der Waals surface area contributed by atoms with E-state index < -0.39 is 11.8 Å². The minimum absolute atomic E-state index is 0.167. The summed E-state index contributed by atoms with van der Waals surface area (Å²) in [5.41, 5.74) is 5.01. The van der Waals surface area contributed by atoms with Crippen molar-refractivity contribution in [2.45, 2.75) is 25.7 Å². The zero-order chi connectivity index (χ0) is 47.5. The molecule has 2 amide bonds. The zero-order valence-electron chi connectivity index (χ0n) is 35.9. The Morgan fingerprint density at radius 3 is 1.18 bits per heavy atom. The van der Waals surface area contributed by atoms with E-state index in [1.54, 1.807) is 124 Å². The van der Waals surface area contributed by atoms with Gasteiger partial charge < -0.3 is 35.5 Å². The van der Waals surface area contributed by atoms with Crippen molar-refractivity contribution in [3.63, 3.8) is 0 Å². The molecule has 66 heavy (non-hydrogen) atoms. The van der Waals surface area contributed by atoms with E-state index in [1.165, 1.54) is 13.8 Å². The van der Waals surface area contributed by atoms with Gasteiger partial charge in [0.15, 0.2) is 11.6 Å². The third-order valence-corrected chi connectivity index (χ3v) is 11.1. The smallest absolute Gasteiger partial charge is 0.236 e. The summed E-state index contributed by atoms with van der Waals surface area (Å²) >= 11 is 25.0. The first-order chi connectivity index (χ1) is 31.7. The van der Waals surface area contributed by atoms with Crippen LogP contribution in [0.2, 0.25) is 20.1 Å². The summed E-state index contributed by atoms with van der Waals surface area (Å²) in [6.07, 6.45) is 3.11. The molecule has 0 radical (unpaired) electrons. The lowest BCUT2D eigenvalue weighted by molar-refractivity contribution is -0.117. The quantitative estimate of drug-likeness (QED) is 0.0694. The predicted molar refractivity (Wildman–Crippen MR) is 263 cm³/mol. The molecule has 2 aliphatic rings. The molecule has 0 unspecified atom stereocenters. The average molecular weight is 965 g/mol. The fourth-order valence-electron chi connectivity index (χ4n) is 7.00. The number of amides is 2. The fourth-order valence-corrected chi connectivity index (χ4v) is 8.20. The Balaban J connectivity index is 0.000000202. The number of halogens is 4. The van der Waals surface area contributed by atoms with Crippen LogP contribution < -0.4 is 30.7 Å². The molecule has 4 N–H and O–H groups in total. The topological polar surface area (TPSA) is 152 Å². The molecule has 6 aromatic carbocycles. The third kappa shape index (κ3) is 11.9. The Morgan fingerprint density at radius 1 is 0.530 bits per heavy atom. The molecule has 2 heterocycles. The van der Waals surface area contributed by atoms with Gasteiger partial charge in [-0.15, -0.1) is 0 Å². The first-order valence-corrected chi connectivity index (χ1v) is 21.7. The van der Waals surface area contributed by atoms with Gasteiger partial charge in [-0.25, -0.2) is 0 Å². The second-order valence-electron chi connectivity index (χ2n) is 14.8. The number of ether oxygens (including phenoxy) is 2. The maximum Gasteiger partial charge on any atom is 0.236 e. The highest BCUT2D eigenvalue weighted by Gasteiger charge is 2.40. The monoisotopic (exact) mass is 962 g/mol. The second-order valence-corrected chi connectivity index (χ2v) is 16.5. The maximum absolute atomic E-state index is 13.4. The Labute approximate surface area is 401 Å². The normalized spacial score (nSPS) is 14.7. The van der Waals surface area contributed by atoms with Gasteiger partial charge in [-0.3, -0.25) is 19.2 Å². The van der Waals surface area contributed by atoms with E-state index in [4.69, 9.17) is 55.9 Å². The molecular weight excluding hydrogens is 922 g/mol. The number of hydrogen-bond acceptors (Lipinski definition) is 9. The van der Waals surface area contributed by atoms with Crippen LogP contribution in [0.15, 0.2) is 157 Å². The maximum atomic E-state index is 13.4. The van der Waals surface area contributed by atoms with E-state index in [0.717, 1.165) is 11.4 Å². The Bertz CT molecular complexity index is 2640. The number of methoxy groups -OCH3 is 2. The summed E-state index contributed by atoms with van der Waals surface area (Å²) in [6.45, 7) is 3.06. The third-order valence-electron chi connectivity index (χ3n) is 9.99. The van der Waals surface area contributed by atoms with Crippen LogP contribution in [0.5, 0.6) is 11.5 Å². The van der Waals surface area contributed by atoms with Crippen LogP contribution >= 0.6 is 46.4 Å². The Hall–Kier alpha value is -6.89. The molecule has 0 spiro atoms. The number of anilines is 4. The van der Waals surface area contributed by atoms with Crippen LogP contribution in [0.4, 0.5) is 22.7 Å². The van der Waals surface area contributed by atoms with Gasteiger partial charge in [0.25, 0.3) is 0 Å². The fraction of sp³-hybridized carbons (Fsp3) is 0.118. The van der Waals surface area contributed by atoms with E-state index in [-0.39, 0.29) is 40.3 Å². The predicted octanol–water partition coefficient (Wildman–Crippen LogP) is 12.4. The number of hydrogen-bond donors (Lipinski definition) is 4. The number of fused-ring (bicyclic) bond motifs is 2. The molecule has 0 fully saturated rings. The lowest BCUT2D eigenvalue weighted by Gasteiger charge is -2.15. The van der Waals surface area contributed by atoms with Crippen molar-refractivity contribution in [3.05, 3.63) is 199 Å². The van der Waals surface area contributed by atoms with E-state index in [0.29, 0.717) is 65.2 Å². The highest BCUT2D eigenvalue weighted by Crippen LogP contribution is 2.45. The van der Waals surface area contributed by atoms with Crippen LogP contribution in [0, 0.1) is 0 Å². The van der Waals surface area contributed by atoms with Gasteiger partial charge in [0.05, 0.1) is 26.1 Å². The van der Waals surface area contributed by atoms with Crippen molar-refractivity contribution >= 4 is 98.3 Å². The number of carbonyl (C=O) groups excluding carboxylic acids is 5. The SMILES string of the molecule is CC(C)=O.COc1ccc(N/C=C(/C(=O)c2ccccc2)[C@@H]2C(=O)Nc3cc(Cl)cc(Cl)c32)cc1.COc1ccc(N/C=C(/C(=O)c2ccccc2)[C@@H]2C(=O)Nc3cc(Cl)cc(Cl)c32)cc1. The van der Waals surface area contributed by atoms with Crippen LogP contribution in [0.1, 0.15) is 57.5 Å². The van der Waals surface area contributed by atoms with Crippen molar-refractivity contribution in [3.8, 4) is 11.5 Å². The molecule has 2 aliphatic heterocycles. The van der Waals surface area contributed by atoms with Crippen molar-refractivity contribution < 1.29 is 33.4 Å².